The van der Waals surface area contributed by atoms with Crippen LogP contribution in [0.1, 0.15) is 21.6 Å². The Morgan fingerprint density at radius 2 is 1.80 bits per heavy atom. The number of aryl methyl sites for hydroxylation is 2. The third kappa shape index (κ3) is 4.33. The third-order valence-corrected chi connectivity index (χ3v) is 3.88. The maximum Gasteiger partial charge on any atom is 0.274 e. The maximum atomic E-state index is 12.5. The Morgan fingerprint density at radius 3 is 2.56 bits per heavy atom. The standard InChI is InChI=1S/C19H17ClN4O/c1-12-3-7-15(8-4-12)22-19-21-10-9-16(24-19)18(25)23-17-11-14(20)6-5-13(17)2/h3-11H,1-2H3,(H,23,25)(H,21,22,24). The lowest BCUT2D eigenvalue weighted by Gasteiger charge is -2.09. The van der Waals surface area contributed by atoms with Crippen LogP contribution in [0.2, 0.25) is 5.02 Å². The van der Waals surface area contributed by atoms with Gasteiger partial charge in [-0.15, -0.1) is 0 Å². The lowest BCUT2D eigenvalue weighted by Crippen LogP contribution is -2.15. The summed E-state index contributed by atoms with van der Waals surface area (Å²) in [6.45, 7) is 3.92. The average molecular weight is 353 g/mol. The first kappa shape index (κ1) is 16.9. The number of hydrogen-bond donors (Lipinski definition) is 2. The van der Waals surface area contributed by atoms with E-state index in [0.717, 1.165) is 16.8 Å². The second-order valence-corrected chi connectivity index (χ2v) is 6.11. The van der Waals surface area contributed by atoms with E-state index < -0.39 is 0 Å². The Hall–Kier alpha value is -2.92. The summed E-state index contributed by atoms with van der Waals surface area (Å²) in [6.07, 6.45) is 1.54. The van der Waals surface area contributed by atoms with Crippen LogP contribution in [-0.4, -0.2) is 15.9 Å². The Labute approximate surface area is 151 Å². The van der Waals surface area contributed by atoms with Gasteiger partial charge in [0.25, 0.3) is 5.91 Å². The lowest BCUT2D eigenvalue weighted by atomic mass is 10.2. The molecule has 1 aromatic heterocycles. The summed E-state index contributed by atoms with van der Waals surface area (Å²) in [5.74, 6) is 0.0408. The van der Waals surface area contributed by atoms with Crippen LogP contribution in [0.15, 0.2) is 54.7 Å². The van der Waals surface area contributed by atoms with Crippen LogP contribution >= 0.6 is 11.6 Å². The molecule has 2 N–H and O–H groups in total. The van der Waals surface area contributed by atoms with Crippen molar-refractivity contribution in [3.05, 3.63) is 76.6 Å². The van der Waals surface area contributed by atoms with Gasteiger partial charge >= 0.3 is 0 Å². The van der Waals surface area contributed by atoms with E-state index in [1.54, 1.807) is 24.4 Å². The van der Waals surface area contributed by atoms with E-state index in [1.165, 1.54) is 0 Å². The summed E-state index contributed by atoms with van der Waals surface area (Å²) in [7, 11) is 0. The highest BCUT2D eigenvalue weighted by Gasteiger charge is 2.11. The minimum atomic E-state index is -0.320. The Balaban J connectivity index is 1.77. The molecular formula is C19H17ClN4O. The zero-order chi connectivity index (χ0) is 17.8. The highest BCUT2D eigenvalue weighted by atomic mass is 35.5. The molecule has 126 valence electrons. The Bertz CT molecular complexity index is 910. The van der Waals surface area contributed by atoms with Gasteiger partial charge < -0.3 is 10.6 Å². The number of anilines is 3. The van der Waals surface area contributed by atoms with Crippen LogP contribution in [0.5, 0.6) is 0 Å². The van der Waals surface area contributed by atoms with Crippen molar-refractivity contribution in [2.45, 2.75) is 13.8 Å². The molecule has 0 bridgehead atoms. The van der Waals surface area contributed by atoms with Crippen LogP contribution in [-0.2, 0) is 0 Å². The van der Waals surface area contributed by atoms with E-state index in [1.807, 2.05) is 44.2 Å². The van der Waals surface area contributed by atoms with Gasteiger partial charge in [0.2, 0.25) is 5.95 Å². The summed E-state index contributed by atoms with van der Waals surface area (Å²) in [5.41, 5.74) is 3.86. The van der Waals surface area contributed by atoms with Gasteiger partial charge in [0.1, 0.15) is 5.69 Å². The molecule has 3 rings (SSSR count). The van der Waals surface area contributed by atoms with Gasteiger partial charge in [0.05, 0.1) is 0 Å². The smallest absolute Gasteiger partial charge is 0.274 e. The first-order chi connectivity index (χ1) is 12.0. The number of benzene rings is 2. The average Bonchev–Trinajstić information content (AvgIpc) is 2.60. The molecule has 0 saturated heterocycles. The molecular weight excluding hydrogens is 336 g/mol. The van der Waals surface area contributed by atoms with Gasteiger partial charge in [0, 0.05) is 22.6 Å². The maximum absolute atomic E-state index is 12.5. The van der Waals surface area contributed by atoms with Crippen LogP contribution < -0.4 is 10.6 Å². The van der Waals surface area contributed by atoms with Crippen LogP contribution in [0.3, 0.4) is 0 Å². The van der Waals surface area contributed by atoms with Gasteiger partial charge in [-0.3, -0.25) is 4.79 Å². The zero-order valence-corrected chi connectivity index (χ0v) is 14.6. The summed E-state index contributed by atoms with van der Waals surface area (Å²) >= 11 is 5.99. The lowest BCUT2D eigenvalue weighted by molar-refractivity contribution is 0.102. The second-order valence-electron chi connectivity index (χ2n) is 5.67. The van der Waals surface area contributed by atoms with Gasteiger partial charge in [-0.2, -0.15) is 0 Å². The van der Waals surface area contributed by atoms with E-state index in [-0.39, 0.29) is 11.6 Å². The molecule has 1 heterocycles. The Morgan fingerprint density at radius 1 is 1.04 bits per heavy atom. The van der Waals surface area contributed by atoms with E-state index in [9.17, 15) is 4.79 Å². The number of nitrogens with zero attached hydrogens (tertiary/aromatic N) is 2. The van der Waals surface area contributed by atoms with Gasteiger partial charge in [-0.05, 0) is 49.7 Å². The van der Waals surface area contributed by atoms with Crippen LogP contribution in [0, 0.1) is 13.8 Å². The van der Waals surface area contributed by atoms with Gasteiger partial charge in [-0.25, -0.2) is 9.97 Å². The molecule has 1 amide bonds. The predicted molar refractivity (Wildman–Crippen MR) is 101 cm³/mol. The van der Waals surface area contributed by atoms with Crippen molar-refractivity contribution in [3.63, 3.8) is 0 Å². The normalized spacial score (nSPS) is 10.4. The fourth-order valence-electron chi connectivity index (χ4n) is 2.23. The Kier molecular flexibility index (Phi) is 4.95. The molecule has 3 aromatic rings. The van der Waals surface area contributed by atoms with Crippen molar-refractivity contribution in [3.8, 4) is 0 Å². The highest BCUT2D eigenvalue weighted by molar-refractivity contribution is 6.31. The van der Waals surface area contributed by atoms with Crippen molar-refractivity contribution in [2.75, 3.05) is 10.6 Å². The zero-order valence-electron chi connectivity index (χ0n) is 13.9. The molecule has 2 aromatic carbocycles. The van der Waals surface area contributed by atoms with E-state index >= 15 is 0 Å². The minimum Gasteiger partial charge on any atom is -0.324 e. The SMILES string of the molecule is Cc1ccc(Nc2nccc(C(=O)Nc3cc(Cl)ccc3C)n2)cc1. The number of amides is 1. The first-order valence-electron chi connectivity index (χ1n) is 7.75. The van der Waals surface area contributed by atoms with Crippen LogP contribution in [0.25, 0.3) is 0 Å². The summed E-state index contributed by atoms with van der Waals surface area (Å²) < 4.78 is 0. The van der Waals surface area contributed by atoms with Crippen molar-refractivity contribution >= 4 is 34.8 Å². The molecule has 0 unspecified atom stereocenters. The quantitative estimate of drug-likeness (QED) is 0.711. The second kappa shape index (κ2) is 7.32. The van der Waals surface area contributed by atoms with E-state index in [4.69, 9.17) is 11.6 Å². The molecule has 0 aliphatic heterocycles. The van der Waals surface area contributed by atoms with Gasteiger partial charge in [0.15, 0.2) is 0 Å². The topological polar surface area (TPSA) is 66.9 Å². The van der Waals surface area contributed by atoms with Crippen molar-refractivity contribution < 1.29 is 4.79 Å². The molecule has 25 heavy (non-hydrogen) atoms. The number of rotatable bonds is 4. The largest absolute Gasteiger partial charge is 0.324 e. The molecule has 0 radical (unpaired) electrons. The number of carbonyl (C=O) groups excluding carboxylic acids is 1. The first-order valence-corrected chi connectivity index (χ1v) is 8.13. The molecule has 0 aliphatic carbocycles. The number of aromatic nitrogens is 2. The number of hydrogen-bond acceptors (Lipinski definition) is 4. The summed E-state index contributed by atoms with van der Waals surface area (Å²) in [4.78, 5) is 20.9. The molecule has 0 atom stereocenters. The molecule has 6 heteroatoms. The summed E-state index contributed by atoms with van der Waals surface area (Å²) in [5, 5.41) is 6.47. The van der Waals surface area contributed by atoms with E-state index in [0.29, 0.717) is 16.7 Å². The van der Waals surface area contributed by atoms with Crippen molar-refractivity contribution in [2.24, 2.45) is 0 Å². The number of carbonyl (C=O) groups is 1. The molecule has 0 fully saturated rings. The molecule has 0 aliphatic rings. The molecule has 0 spiro atoms. The van der Waals surface area contributed by atoms with Crippen molar-refractivity contribution in [1.82, 2.24) is 9.97 Å². The fourth-order valence-corrected chi connectivity index (χ4v) is 2.40. The van der Waals surface area contributed by atoms with Crippen LogP contribution in [0.4, 0.5) is 17.3 Å². The molecule has 5 nitrogen and oxygen atoms in total. The highest BCUT2D eigenvalue weighted by Crippen LogP contribution is 2.21. The number of halogens is 1. The minimum absolute atomic E-state index is 0.268. The van der Waals surface area contributed by atoms with E-state index in [2.05, 4.69) is 20.6 Å². The van der Waals surface area contributed by atoms with Gasteiger partial charge in [-0.1, -0.05) is 35.4 Å². The summed E-state index contributed by atoms with van der Waals surface area (Å²) in [6, 6.07) is 14.7. The number of nitrogens with one attached hydrogen (secondary N) is 2. The predicted octanol–water partition coefficient (Wildman–Crippen LogP) is 4.74. The molecule has 0 saturated carbocycles. The fraction of sp³-hybridized carbons (Fsp3) is 0.105. The van der Waals surface area contributed by atoms with Crippen molar-refractivity contribution in [1.29, 1.82) is 0 Å². The third-order valence-electron chi connectivity index (χ3n) is 3.64. The monoisotopic (exact) mass is 352 g/mol.